The zero-order chi connectivity index (χ0) is 14.7. The number of aromatic nitrogens is 2. The summed E-state index contributed by atoms with van der Waals surface area (Å²) in [7, 11) is 1.72. The van der Waals surface area contributed by atoms with Crippen molar-refractivity contribution in [2.24, 2.45) is 0 Å². The molecule has 7 heteroatoms. The Labute approximate surface area is 124 Å². The third kappa shape index (κ3) is 2.96. The van der Waals surface area contributed by atoms with Crippen LogP contribution in [0.1, 0.15) is 43.9 Å². The number of nitrogens with one attached hydrogen (secondary N) is 1. The van der Waals surface area contributed by atoms with E-state index in [1.807, 2.05) is 6.92 Å². The van der Waals surface area contributed by atoms with Crippen LogP contribution in [0.4, 0.5) is 0 Å². The van der Waals surface area contributed by atoms with Crippen molar-refractivity contribution in [1.29, 1.82) is 0 Å². The summed E-state index contributed by atoms with van der Waals surface area (Å²) >= 11 is 0. The van der Waals surface area contributed by atoms with Crippen molar-refractivity contribution in [3.05, 3.63) is 11.7 Å². The van der Waals surface area contributed by atoms with Crippen molar-refractivity contribution in [3.63, 3.8) is 0 Å². The third-order valence-corrected chi connectivity index (χ3v) is 4.29. The SMILES string of the molecule is CCOC1(c2noc([C@H]3C[C@H](OC)CN3)n2)CCOCC1. The average Bonchev–Trinajstić information content (AvgIpc) is 3.17. The van der Waals surface area contributed by atoms with Gasteiger partial charge in [0.15, 0.2) is 0 Å². The van der Waals surface area contributed by atoms with Gasteiger partial charge in [-0.15, -0.1) is 0 Å². The van der Waals surface area contributed by atoms with Crippen LogP contribution in [0.2, 0.25) is 0 Å². The fourth-order valence-corrected chi connectivity index (χ4v) is 3.04. The van der Waals surface area contributed by atoms with Gasteiger partial charge in [0.05, 0.1) is 12.1 Å². The number of ether oxygens (including phenoxy) is 3. The van der Waals surface area contributed by atoms with Crippen LogP contribution in [0, 0.1) is 0 Å². The molecule has 0 unspecified atom stereocenters. The van der Waals surface area contributed by atoms with E-state index in [9.17, 15) is 0 Å². The van der Waals surface area contributed by atoms with E-state index in [-0.39, 0.29) is 12.1 Å². The molecule has 2 aliphatic rings. The van der Waals surface area contributed by atoms with Crippen molar-refractivity contribution in [1.82, 2.24) is 15.5 Å². The normalized spacial score (nSPS) is 28.9. The Balaban J connectivity index is 1.76. The molecule has 0 radical (unpaired) electrons. The predicted molar refractivity (Wildman–Crippen MR) is 73.8 cm³/mol. The van der Waals surface area contributed by atoms with E-state index in [1.54, 1.807) is 7.11 Å². The van der Waals surface area contributed by atoms with Crippen LogP contribution < -0.4 is 5.32 Å². The van der Waals surface area contributed by atoms with E-state index >= 15 is 0 Å². The van der Waals surface area contributed by atoms with E-state index in [0.29, 0.717) is 31.5 Å². The second-order valence-electron chi connectivity index (χ2n) is 5.55. The Hall–Kier alpha value is -1.02. The van der Waals surface area contributed by atoms with Gasteiger partial charge in [-0.1, -0.05) is 5.16 Å². The largest absolute Gasteiger partial charge is 0.381 e. The minimum Gasteiger partial charge on any atom is -0.381 e. The summed E-state index contributed by atoms with van der Waals surface area (Å²) in [5.41, 5.74) is -0.464. The molecule has 3 heterocycles. The highest BCUT2D eigenvalue weighted by Crippen LogP contribution is 2.35. The fraction of sp³-hybridized carbons (Fsp3) is 0.857. The molecule has 2 aliphatic heterocycles. The van der Waals surface area contributed by atoms with E-state index in [1.165, 1.54) is 0 Å². The molecule has 1 N–H and O–H groups in total. The molecule has 0 aromatic carbocycles. The Morgan fingerprint density at radius 3 is 2.86 bits per heavy atom. The number of hydrogen-bond acceptors (Lipinski definition) is 7. The summed E-state index contributed by atoms with van der Waals surface area (Å²) in [6.45, 7) is 4.75. The Bertz CT molecular complexity index is 453. The van der Waals surface area contributed by atoms with Crippen molar-refractivity contribution in [3.8, 4) is 0 Å². The van der Waals surface area contributed by atoms with Crippen molar-refractivity contribution < 1.29 is 18.7 Å². The Kier molecular flexibility index (Phi) is 4.54. The zero-order valence-corrected chi connectivity index (χ0v) is 12.6. The van der Waals surface area contributed by atoms with Gasteiger partial charge < -0.3 is 24.1 Å². The van der Waals surface area contributed by atoms with Crippen LogP contribution in [-0.2, 0) is 19.8 Å². The quantitative estimate of drug-likeness (QED) is 0.873. The lowest BCUT2D eigenvalue weighted by molar-refractivity contribution is -0.118. The molecule has 2 fully saturated rings. The molecule has 7 nitrogen and oxygen atoms in total. The number of rotatable bonds is 5. The van der Waals surface area contributed by atoms with Gasteiger partial charge in [-0.3, -0.25) is 0 Å². The molecule has 0 saturated carbocycles. The smallest absolute Gasteiger partial charge is 0.243 e. The van der Waals surface area contributed by atoms with Crippen LogP contribution in [-0.4, -0.2) is 49.7 Å². The maximum atomic E-state index is 5.96. The van der Waals surface area contributed by atoms with E-state index in [2.05, 4.69) is 15.5 Å². The first-order valence-corrected chi connectivity index (χ1v) is 7.59. The summed E-state index contributed by atoms with van der Waals surface area (Å²) in [4.78, 5) is 4.60. The summed E-state index contributed by atoms with van der Waals surface area (Å²) < 4.78 is 22.2. The van der Waals surface area contributed by atoms with Crippen molar-refractivity contribution in [2.45, 2.75) is 43.9 Å². The van der Waals surface area contributed by atoms with Gasteiger partial charge in [0.25, 0.3) is 0 Å². The van der Waals surface area contributed by atoms with Gasteiger partial charge >= 0.3 is 0 Å². The van der Waals surface area contributed by atoms with Crippen LogP contribution in [0.15, 0.2) is 4.52 Å². The third-order valence-electron chi connectivity index (χ3n) is 4.29. The van der Waals surface area contributed by atoms with Gasteiger partial charge in [0.1, 0.15) is 5.60 Å². The molecule has 3 rings (SSSR count). The van der Waals surface area contributed by atoms with Gasteiger partial charge in [-0.25, -0.2) is 0 Å². The molecule has 1 aromatic rings. The van der Waals surface area contributed by atoms with E-state index < -0.39 is 5.60 Å². The number of methoxy groups -OCH3 is 1. The van der Waals surface area contributed by atoms with E-state index in [4.69, 9.17) is 18.7 Å². The first kappa shape index (κ1) is 14.9. The number of nitrogens with zero attached hydrogens (tertiary/aromatic N) is 2. The standard InChI is InChI=1S/C14H23N3O4/c1-3-20-14(4-6-19-7-5-14)13-16-12(21-17-13)11-8-10(18-2)9-15-11/h10-11,15H,3-9H2,1-2H3/t10-,11+/m0/s1. The molecular weight excluding hydrogens is 274 g/mol. The Morgan fingerprint density at radius 1 is 1.38 bits per heavy atom. The van der Waals surface area contributed by atoms with Crippen LogP contribution >= 0.6 is 0 Å². The minimum atomic E-state index is -0.464. The molecule has 0 bridgehead atoms. The second kappa shape index (κ2) is 6.39. The number of hydrogen-bond donors (Lipinski definition) is 1. The Morgan fingerprint density at radius 2 is 2.19 bits per heavy atom. The van der Waals surface area contributed by atoms with Gasteiger partial charge in [-0.05, 0) is 13.3 Å². The van der Waals surface area contributed by atoms with E-state index in [0.717, 1.165) is 25.8 Å². The van der Waals surface area contributed by atoms with Crippen LogP contribution in [0.3, 0.4) is 0 Å². The molecule has 0 amide bonds. The summed E-state index contributed by atoms with van der Waals surface area (Å²) in [6, 6.07) is 0.0646. The van der Waals surface area contributed by atoms with Crippen molar-refractivity contribution >= 4 is 0 Å². The second-order valence-corrected chi connectivity index (χ2v) is 5.55. The first-order chi connectivity index (χ1) is 10.3. The molecule has 0 spiro atoms. The monoisotopic (exact) mass is 297 g/mol. The molecule has 2 atom stereocenters. The molecular formula is C14H23N3O4. The molecule has 118 valence electrons. The molecule has 1 aromatic heterocycles. The average molecular weight is 297 g/mol. The molecule has 2 saturated heterocycles. The van der Waals surface area contributed by atoms with Gasteiger partial charge in [0.2, 0.25) is 11.7 Å². The predicted octanol–water partition coefficient (Wildman–Crippen LogP) is 1.16. The van der Waals surface area contributed by atoms with Crippen LogP contribution in [0.25, 0.3) is 0 Å². The lowest BCUT2D eigenvalue weighted by atomic mass is 9.93. The highest BCUT2D eigenvalue weighted by molar-refractivity contribution is 5.06. The van der Waals surface area contributed by atoms with Gasteiger partial charge in [-0.2, -0.15) is 4.98 Å². The maximum Gasteiger partial charge on any atom is 0.243 e. The molecule has 0 aliphatic carbocycles. The first-order valence-electron chi connectivity index (χ1n) is 7.59. The highest BCUT2D eigenvalue weighted by Gasteiger charge is 2.41. The molecule has 21 heavy (non-hydrogen) atoms. The lowest BCUT2D eigenvalue weighted by Gasteiger charge is -2.33. The highest BCUT2D eigenvalue weighted by atomic mass is 16.5. The fourth-order valence-electron chi connectivity index (χ4n) is 3.04. The summed E-state index contributed by atoms with van der Waals surface area (Å²) in [5, 5.41) is 7.53. The summed E-state index contributed by atoms with van der Waals surface area (Å²) in [6.07, 6.45) is 2.58. The maximum absolute atomic E-state index is 5.96. The van der Waals surface area contributed by atoms with Crippen LogP contribution in [0.5, 0.6) is 0 Å². The summed E-state index contributed by atoms with van der Waals surface area (Å²) in [5.74, 6) is 1.26. The zero-order valence-electron chi connectivity index (χ0n) is 12.6. The van der Waals surface area contributed by atoms with Crippen molar-refractivity contribution in [2.75, 3.05) is 33.5 Å². The lowest BCUT2D eigenvalue weighted by Crippen LogP contribution is -2.37. The van der Waals surface area contributed by atoms with Gasteiger partial charge in [0, 0.05) is 46.3 Å². The minimum absolute atomic E-state index is 0.0646. The topological polar surface area (TPSA) is 78.6 Å².